The Labute approximate surface area is 76.5 Å². The van der Waals surface area contributed by atoms with Gasteiger partial charge in [0.05, 0.1) is 0 Å². The van der Waals surface area contributed by atoms with Gasteiger partial charge in [-0.1, -0.05) is 31.9 Å². The molecule has 1 heteroatoms. The van der Waals surface area contributed by atoms with E-state index in [0.29, 0.717) is 0 Å². The summed E-state index contributed by atoms with van der Waals surface area (Å²) in [5, 5.41) is 0. The smallest absolute Gasteiger partial charge is 0.0192 e. The molecule has 70 valence electrons. The van der Waals surface area contributed by atoms with Crippen LogP contribution in [0.2, 0.25) is 0 Å². The average Bonchev–Trinajstić information content (AvgIpc) is 2.03. The van der Waals surface area contributed by atoms with Gasteiger partial charge in [-0.2, -0.15) is 0 Å². The van der Waals surface area contributed by atoms with E-state index in [-0.39, 0.29) is 0 Å². The van der Waals surface area contributed by atoms with E-state index >= 15 is 0 Å². The van der Waals surface area contributed by atoms with Gasteiger partial charge in [-0.15, -0.1) is 0 Å². The number of likely N-dealkylation sites (N-methyl/N-ethyl adjacent to an activating group) is 1. The van der Waals surface area contributed by atoms with E-state index in [1.807, 2.05) is 0 Å². The van der Waals surface area contributed by atoms with Crippen LogP contribution in [-0.2, 0) is 0 Å². The lowest BCUT2D eigenvalue weighted by atomic mass is 9.90. The first-order valence-electron chi connectivity index (χ1n) is 5.04. The lowest BCUT2D eigenvalue weighted by Crippen LogP contribution is -2.29. The molecule has 0 aromatic heterocycles. The first-order chi connectivity index (χ1) is 5.65. The minimum Gasteiger partial charge on any atom is -0.302 e. The van der Waals surface area contributed by atoms with Crippen LogP contribution in [0.1, 0.15) is 33.6 Å². The zero-order chi connectivity index (χ0) is 9.14. The highest BCUT2D eigenvalue weighted by atomic mass is 15.1. The number of rotatable bonds is 2. The van der Waals surface area contributed by atoms with E-state index in [1.54, 1.807) is 11.1 Å². The Balaban J connectivity index is 2.76. The SMILES string of the molecule is CCC1=C(C(C)C)CCN(C)C1. The Kier molecular flexibility index (Phi) is 3.33. The van der Waals surface area contributed by atoms with Gasteiger partial charge in [0, 0.05) is 13.1 Å². The van der Waals surface area contributed by atoms with Crippen LogP contribution in [0, 0.1) is 5.92 Å². The molecule has 0 aromatic carbocycles. The van der Waals surface area contributed by atoms with Crippen molar-refractivity contribution in [3.63, 3.8) is 0 Å². The largest absolute Gasteiger partial charge is 0.302 e. The number of hydrogen-bond donors (Lipinski definition) is 0. The van der Waals surface area contributed by atoms with Crippen LogP contribution >= 0.6 is 0 Å². The molecule has 1 rings (SSSR count). The van der Waals surface area contributed by atoms with E-state index in [9.17, 15) is 0 Å². The van der Waals surface area contributed by atoms with Gasteiger partial charge in [-0.05, 0) is 25.8 Å². The third-order valence-corrected chi connectivity index (χ3v) is 2.80. The second kappa shape index (κ2) is 4.08. The molecular weight excluding hydrogens is 146 g/mol. The summed E-state index contributed by atoms with van der Waals surface area (Å²) < 4.78 is 0. The van der Waals surface area contributed by atoms with Crippen LogP contribution in [0.4, 0.5) is 0 Å². The molecule has 12 heavy (non-hydrogen) atoms. The molecule has 1 heterocycles. The summed E-state index contributed by atoms with van der Waals surface area (Å²) in [6, 6.07) is 0. The van der Waals surface area contributed by atoms with E-state index in [0.717, 1.165) is 5.92 Å². The topological polar surface area (TPSA) is 3.24 Å². The molecule has 0 aliphatic carbocycles. The Hall–Kier alpha value is -0.300. The van der Waals surface area contributed by atoms with Gasteiger partial charge in [-0.3, -0.25) is 0 Å². The van der Waals surface area contributed by atoms with Crippen LogP contribution in [0.3, 0.4) is 0 Å². The molecular formula is C11H21N. The maximum absolute atomic E-state index is 2.42. The molecule has 1 aliphatic heterocycles. The van der Waals surface area contributed by atoms with E-state index in [1.165, 1.54) is 25.9 Å². The van der Waals surface area contributed by atoms with Crippen molar-refractivity contribution in [3.05, 3.63) is 11.1 Å². The Bertz CT molecular complexity index is 179. The maximum Gasteiger partial charge on any atom is 0.0192 e. The molecule has 0 N–H and O–H groups in total. The second-order valence-electron chi connectivity index (χ2n) is 4.12. The summed E-state index contributed by atoms with van der Waals surface area (Å²) in [6.45, 7) is 9.35. The second-order valence-corrected chi connectivity index (χ2v) is 4.12. The number of hydrogen-bond acceptors (Lipinski definition) is 1. The van der Waals surface area contributed by atoms with Crippen molar-refractivity contribution >= 4 is 0 Å². The van der Waals surface area contributed by atoms with Gasteiger partial charge < -0.3 is 4.90 Å². The summed E-state index contributed by atoms with van der Waals surface area (Å²) in [5.41, 5.74) is 3.40. The highest BCUT2D eigenvalue weighted by molar-refractivity contribution is 5.20. The lowest BCUT2D eigenvalue weighted by molar-refractivity contribution is 0.335. The van der Waals surface area contributed by atoms with Crippen molar-refractivity contribution in [1.82, 2.24) is 4.90 Å². The summed E-state index contributed by atoms with van der Waals surface area (Å²) in [6.07, 6.45) is 2.52. The summed E-state index contributed by atoms with van der Waals surface area (Å²) in [4.78, 5) is 2.42. The fourth-order valence-corrected chi connectivity index (χ4v) is 2.03. The molecule has 0 saturated carbocycles. The highest BCUT2D eigenvalue weighted by Gasteiger charge is 2.16. The minimum absolute atomic E-state index is 0.758. The molecule has 0 saturated heterocycles. The van der Waals surface area contributed by atoms with Gasteiger partial charge in [0.25, 0.3) is 0 Å². The standard InChI is InChI=1S/C11H21N/c1-5-10-8-12(4)7-6-11(10)9(2)3/h9H,5-8H2,1-4H3. The molecule has 0 spiro atoms. The lowest BCUT2D eigenvalue weighted by Gasteiger charge is -2.29. The third-order valence-electron chi connectivity index (χ3n) is 2.80. The Morgan fingerprint density at radius 2 is 2.08 bits per heavy atom. The molecule has 0 unspecified atom stereocenters. The van der Waals surface area contributed by atoms with Gasteiger partial charge in [-0.25, -0.2) is 0 Å². The van der Waals surface area contributed by atoms with Crippen molar-refractivity contribution in [2.24, 2.45) is 5.92 Å². The van der Waals surface area contributed by atoms with Crippen LogP contribution in [0.15, 0.2) is 11.1 Å². The van der Waals surface area contributed by atoms with Crippen molar-refractivity contribution in [2.45, 2.75) is 33.6 Å². The maximum atomic E-state index is 2.42. The zero-order valence-electron chi connectivity index (χ0n) is 8.85. The van der Waals surface area contributed by atoms with Gasteiger partial charge in [0.15, 0.2) is 0 Å². The predicted octanol–water partition coefficient (Wildman–Crippen LogP) is 2.68. The van der Waals surface area contributed by atoms with Crippen LogP contribution in [0.25, 0.3) is 0 Å². The van der Waals surface area contributed by atoms with Crippen LogP contribution in [0.5, 0.6) is 0 Å². The monoisotopic (exact) mass is 167 g/mol. The fraction of sp³-hybridized carbons (Fsp3) is 0.818. The Morgan fingerprint density at radius 3 is 2.58 bits per heavy atom. The molecule has 0 radical (unpaired) electrons. The summed E-state index contributed by atoms with van der Waals surface area (Å²) >= 11 is 0. The number of nitrogens with zero attached hydrogens (tertiary/aromatic N) is 1. The molecule has 0 bridgehead atoms. The van der Waals surface area contributed by atoms with Gasteiger partial charge in [0.1, 0.15) is 0 Å². The first kappa shape index (κ1) is 9.79. The minimum atomic E-state index is 0.758. The average molecular weight is 167 g/mol. The van der Waals surface area contributed by atoms with Crippen molar-refractivity contribution in [3.8, 4) is 0 Å². The van der Waals surface area contributed by atoms with Gasteiger partial charge in [0.2, 0.25) is 0 Å². The summed E-state index contributed by atoms with van der Waals surface area (Å²) in [5.74, 6) is 0.758. The van der Waals surface area contributed by atoms with Gasteiger partial charge >= 0.3 is 0 Å². The molecule has 0 atom stereocenters. The molecule has 1 aliphatic rings. The quantitative estimate of drug-likeness (QED) is 0.572. The van der Waals surface area contributed by atoms with E-state index < -0.39 is 0 Å². The highest BCUT2D eigenvalue weighted by Crippen LogP contribution is 2.25. The molecule has 0 aromatic rings. The van der Waals surface area contributed by atoms with E-state index in [4.69, 9.17) is 0 Å². The molecule has 1 nitrogen and oxygen atoms in total. The molecule has 0 amide bonds. The van der Waals surface area contributed by atoms with Crippen molar-refractivity contribution in [2.75, 3.05) is 20.1 Å². The van der Waals surface area contributed by atoms with Crippen molar-refractivity contribution in [1.29, 1.82) is 0 Å². The Morgan fingerprint density at radius 1 is 1.42 bits per heavy atom. The zero-order valence-corrected chi connectivity index (χ0v) is 8.85. The summed E-state index contributed by atoms with van der Waals surface area (Å²) in [7, 11) is 2.22. The van der Waals surface area contributed by atoms with Crippen LogP contribution in [-0.4, -0.2) is 25.0 Å². The normalized spacial score (nSPS) is 20.8. The van der Waals surface area contributed by atoms with E-state index in [2.05, 4.69) is 32.7 Å². The third kappa shape index (κ3) is 2.10. The fourth-order valence-electron chi connectivity index (χ4n) is 2.03. The predicted molar refractivity (Wildman–Crippen MR) is 54.3 cm³/mol. The molecule has 0 fully saturated rings. The van der Waals surface area contributed by atoms with Crippen molar-refractivity contribution < 1.29 is 0 Å². The first-order valence-corrected chi connectivity index (χ1v) is 5.04. The van der Waals surface area contributed by atoms with Crippen LogP contribution < -0.4 is 0 Å².